The number of sulfone groups is 1. The normalized spacial score (nSPS) is 18.4. The van der Waals surface area contributed by atoms with Gasteiger partial charge in [0, 0.05) is 4.91 Å². The molecule has 15 heavy (non-hydrogen) atoms. The minimum atomic E-state index is -3.20. The first-order valence-corrected chi connectivity index (χ1v) is 6.51. The maximum absolute atomic E-state index is 12.2. The Bertz CT molecular complexity index is 520. The van der Waals surface area contributed by atoms with Gasteiger partial charge in [-0.2, -0.15) is 0 Å². The van der Waals surface area contributed by atoms with E-state index >= 15 is 0 Å². The van der Waals surface area contributed by atoms with Gasteiger partial charge in [-0.3, -0.25) is 0 Å². The fourth-order valence-electron chi connectivity index (χ4n) is 2.01. The topological polar surface area (TPSA) is 34.1 Å². The molecule has 0 amide bonds. The third-order valence-electron chi connectivity index (χ3n) is 2.77. The number of hydrogen-bond acceptors (Lipinski definition) is 2. The highest BCUT2D eigenvalue weighted by atomic mass is 32.2. The van der Waals surface area contributed by atoms with Crippen LogP contribution in [0.15, 0.2) is 39.6 Å². The van der Waals surface area contributed by atoms with Crippen molar-refractivity contribution in [2.24, 2.45) is 0 Å². The molecule has 1 aliphatic heterocycles. The van der Waals surface area contributed by atoms with Crippen LogP contribution in [0.5, 0.6) is 0 Å². The lowest BCUT2D eigenvalue weighted by atomic mass is 10.1. The Kier molecular flexibility index (Phi) is 2.43. The summed E-state index contributed by atoms with van der Waals surface area (Å²) in [6.07, 6.45) is 1.47. The smallest absolute Gasteiger partial charge is 0.202 e. The fraction of sp³-hybridized carbons (Fsp3) is 0.333. The van der Waals surface area contributed by atoms with E-state index in [9.17, 15) is 8.42 Å². The van der Waals surface area contributed by atoms with Crippen LogP contribution in [0.25, 0.3) is 0 Å². The van der Waals surface area contributed by atoms with Gasteiger partial charge in [-0.05, 0) is 38.3 Å². The van der Waals surface area contributed by atoms with Crippen LogP contribution >= 0.6 is 0 Å². The molecule has 0 spiro atoms. The zero-order chi connectivity index (χ0) is 11.1. The highest BCUT2D eigenvalue weighted by Gasteiger charge is 2.28. The maximum Gasteiger partial charge on any atom is 0.202 e. The second-order valence-corrected chi connectivity index (χ2v) is 5.97. The first kappa shape index (κ1) is 10.4. The molecule has 3 heteroatoms. The van der Waals surface area contributed by atoms with Gasteiger partial charge in [0.15, 0.2) is 0 Å². The molecular weight excluding hydrogens is 208 g/mol. The Hall–Kier alpha value is -1.09. The summed E-state index contributed by atoms with van der Waals surface area (Å²) in [6, 6.07) is 7.27. The number of rotatable bonds is 0. The molecule has 0 bridgehead atoms. The van der Waals surface area contributed by atoms with Crippen molar-refractivity contribution < 1.29 is 8.42 Å². The van der Waals surface area contributed by atoms with Gasteiger partial charge in [-0.15, -0.1) is 0 Å². The number of allylic oxidation sites excluding steroid dienone is 2. The number of aryl methyl sites for hydroxylation is 1. The molecule has 2 rings (SSSR count). The lowest BCUT2D eigenvalue weighted by Gasteiger charge is -2.19. The summed E-state index contributed by atoms with van der Waals surface area (Å²) in [4.78, 5) is 1.09. The van der Waals surface area contributed by atoms with E-state index in [1.807, 2.05) is 26.0 Å². The van der Waals surface area contributed by atoms with Crippen LogP contribution in [0.2, 0.25) is 0 Å². The summed E-state index contributed by atoms with van der Waals surface area (Å²) in [5.41, 5.74) is 1.85. The summed E-state index contributed by atoms with van der Waals surface area (Å²) in [7, 11) is -3.20. The summed E-state index contributed by atoms with van der Waals surface area (Å²) in [5, 5.41) is 0. The lowest BCUT2D eigenvalue weighted by Crippen LogP contribution is -2.15. The number of hydrogen-bond donors (Lipinski definition) is 0. The SMILES string of the molecule is CC(C)=C1CCc2ccccc2S1(=O)=O. The van der Waals surface area contributed by atoms with Crippen LogP contribution < -0.4 is 0 Å². The predicted molar refractivity (Wildman–Crippen MR) is 60.3 cm³/mol. The summed E-state index contributed by atoms with van der Waals surface area (Å²) >= 11 is 0. The van der Waals surface area contributed by atoms with Gasteiger partial charge in [0.25, 0.3) is 0 Å². The third kappa shape index (κ3) is 1.61. The van der Waals surface area contributed by atoms with E-state index in [4.69, 9.17) is 0 Å². The van der Waals surface area contributed by atoms with Crippen molar-refractivity contribution in [2.75, 3.05) is 0 Å². The Morgan fingerprint density at radius 1 is 1.13 bits per heavy atom. The molecule has 0 aromatic heterocycles. The molecule has 0 saturated heterocycles. The van der Waals surface area contributed by atoms with Crippen LogP contribution in [0.4, 0.5) is 0 Å². The second kappa shape index (κ2) is 3.49. The van der Waals surface area contributed by atoms with Crippen molar-refractivity contribution in [3.05, 3.63) is 40.3 Å². The fourth-order valence-corrected chi connectivity index (χ4v) is 3.95. The summed E-state index contributed by atoms with van der Waals surface area (Å²) < 4.78 is 24.4. The molecule has 0 radical (unpaired) electrons. The molecule has 80 valence electrons. The molecule has 1 aliphatic rings. The standard InChI is InChI=1S/C12H14O2S/c1-9(2)11-8-7-10-5-3-4-6-12(10)15(11,13)14/h3-6H,7-8H2,1-2H3. The zero-order valence-electron chi connectivity index (χ0n) is 8.95. The van der Waals surface area contributed by atoms with E-state index in [1.165, 1.54) is 0 Å². The monoisotopic (exact) mass is 222 g/mol. The Morgan fingerprint density at radius 2 is 1.80 bits per heavy atom. The van der Waals surface area contributed by atoms with E-state index in [1.54, 1.807) is 12.1 Å². The zero-order valence-corrected chi connectivity index (χ0v) is 9.76. The van der Waals surface area contributed by atoms with Gasteiger partial charge < -0.3 is 0 Å². The molecule has 1 aromatic rings. The van der Waals surface area contributed by atoms with Crippen LogP contribution in [0, 0.1) is 0 Å². The highest BCUT2D eigenvalue weighted by molar-refractivity contribution is 7.95. The van der Waals surface area contributed by atoms with Crippen LogP contribution in [0.3, 0.4) is 0 Å². The summed E-state index contributed by atoms with van der Waals surface area (Å²) in [6.45, 7) is 3.72. The van der Waals surface area contributed by atoms with Crippen molar-refractivity contribution in [1.29, 1.82) is 0 Å². The molecule has 2 nitrogen and oxygen atoms in total. The summed E-state index contributed by atoms with van der Waals surface area (Å²) in [5.74, 6) is 0. The first-order valence-electron chi connectivity index (χ1n) is 5.03. The molecule has 1 heterocycles. The largest absolute Gasteiger partial charge is 0.219 e. The molecule has 0 fully saturated rings. The molecule has 1 aromatic carbocycles. The van der Waals surface area contributed by atoms with E-state index < -0.39 is 9.84 Å². The van der Waals surface area contributed by atoms with E-state index in [0.29, 0.717) is 16.2 Å². The van der Waals surface area contributed by atoms with Crippen LogP contribution in [0.1, 0.15) is 25.8 Å². The number of benzene rings is 1. The minimum absolute atomic E-state index is 0.493. The Balaban J connectivity index is 2.71. The van der Waals surface area contributed by atoms with Gasteiger partial charge in [0.05, 0.1) is 4.90 Å². The second-order valence-electron chi connectivity index (χ2n) is 4.03. The van der Waals surface area contributed by atoms with E-state index in [2.05, 4.69) is 0 Å². The van der Waals surface area contributed by atoms with Crippen molar-refractivity contribution >= 4 is 9.84 Å². The van der Waals surface area contributed by atoms with Gasteiger partial charge in [-0.1, -0.05) is 23.8 Å². The van der Waals surface area contributed by atoms with Crippen molar-refractivity contribution in [2.45, 2.75) is 31.6 Å². The van der Waals surface area contributed by atoms with Crippen molar-refractivity contribution in [3.8, 4) is 0 Å². The Labute approximate surface area is 90.6 Å². The lowest BCUT2D eigenvalue weighted by molar-refractivity contribution is 0.594. The number of fused-ring (bicyclic) bond motifs is 1. The highest BCUT2D eigenvalue weighted by Crippen LogP contribution is 2.33. The molecule has 0 unspecified atom stereocenters. The maximum atomic E-state index is 12.2. The van der Waals surface area contributed by atoms with Gasteiger partial charge in [-0.25, -0.2) is 8.42 Å². The van der Waals surface area contributed by atoms with E-state index in [0.717, 1.165) is 17.6 Å². The Morgan fingerprint density at radius 3 is 2.47 bits per heavy atom. The predicted octanol–water partition coefficient (Wildman–Crippen LogP) is 2.70. The van der Waals surface area contributed by atoms with Crippen LogP contribution in [-0.2, 0) is 16.3 Å². The average molecular weight is 222 g/mol. The molecule has 0 atom stereocenters. The third-order valence-corrected chi connectivity index (χ3v) is 5.00. The van der Waals surface area contributed by atoms with Gasteiger partial charge >= 0.3 is 0 Å². The van der Waals surface area contributed by atoms with Gasteiger partial charge in [0.2, 0.25) is 9.84 Å². The average Bonchev–Trinajstić information content (AvgIpc) is 2.17. The molecular formula is C12H14O2S. The molecule has 0 saturated carbocycles. The first-order chi connectivity index (χ1) is 7.03. The molecule has 0 aliphatic carbocycles. The molecule has 0 N–H and O–H groups in total. The van der Waals surface area contributed by atoms with E-state index in [-0.39, 0.29) is 0 Å². The minimum Gasteiger partial charge on any atom is -0.219 e. The van der Waals surface area contributed by atoms with Crippen LogP contribution in [-0.4, -0.2) is 8.42 Å². The quantitative estimate of drug-likeness (QED) is 0.676. The van der Waals surface area contributed by atoms with Gasteiger partial charge in [0.1, 0.15) is 0 Å². The van der Waals surface area contributed by atoms with Crippen molar-refractivity contribution in [1.82, 2.24) is 0 Å². The van der Waals surface area contributed by atoms with Crippen molar-refractivity contribution in [3.63, 3.8) is 0 Å².